The normalized spacial score (nSPS) is 17.2. The fourth-order valence-electron chi connectivity index (χ4n) is 12.4. The minimum atomic E-state index is -0.105. The topological polar surface area (TPSA) is 6.48 Å². The third-order valence-electron chi connectivity index (χ3n) is 16.8. The number of anilines is 6. The highest BCUT2D eigenvalue weighted by atomic mass is 15.2. The molecule has 2 nitrogen and oxygen atoms in total. The molecule has 0 unspecified atom stereocenters. The molecule has 0 bridgehead atoms. The molecule has 7 aromatic rings. The van der Waals surface area contributed by atoms with Crippen LogP contribution in [0.1, 0.15) is 156 Å². The highest BCUT2D eigenvalue weighted by Crippen LogP contribution is 2.54. The van der Waals surface area contributed by atoms with E-state index in [4.69, 9.17) is 0 Å². The molecule has 344 valence electrons. The standard InChI is InChI=1S/C65H71BN2/c1-60(2,3)41-26-32-54-53(35-41)66-52-31-25-42(61(4,5)6)36-55(52)67(44-27-23-40(24-28-44)46-20-18-22-50-58(46)47-19-16-17-21-48(47)65(50,14)15)56-37-43(62(7,8)9)38-57(59(56)66)68(54)45-29-30-49-51(39-45)64(12,13)34-33-63(49,10)11/h16-32,35-39H,33-34H2,1-15H3. The summed E-state index contributed by atoms with van der Waals surface area (Å²) in [5.41, 5.74) is 26.8. The molecule has 11 rings (SSSR count). The highest BCUT2D eigenvalue weighted by molar-refractivity contribution is 7.00. The highest BCUT2D eigenvalue weighted by Gasteiger charge is 2.46. The van der Waals surface area contributed by atoms with Gasteiger partial charge in [-0.25, -0.2) is 0 Å². The van der Waals surface area contributed by atoms with Gasteiger partial charge in [0, 0.05) is 39.5 Å². The second-order valence-corrected chi connectivity index (χ2v) is 25.8. The van der Waals surface area contributed by atoms with Crippen molar-refractivity contribution in [3.05, 3.63) is 172 Å². The van der Waals surface area contributed by atoms with Gasteiger partial charge in [-0.2, -0.15) is 0 Å². The maximum Gasteiger partial charge on any atom is 0.252 e. The maximum absolute atomic E-state index is 2.65. The van der Waals surface area contributed by atoms with E-state index < -0.39 is 0 Å². The van der Waals surface area contributed by atoms with Crippen LogP contribution in [0.3, 0.4) is 0 Å². The zero-order valence-corrected chi connectivity index (χ0v) is 43.6. The van der Waals surface area contributed by atoms with Gasteiger partial charge in [-0.3, -0.25) is 0 Å². The van der Waals surface area contributed by atoms with Crippen molar-refractivity contribution in [2.75, 3.05) is 9.80 Å². The van der Waals surface area contributed by atoms with Crippen LogP contribution in [0, 0.1) is 0 Å². The second kappa shape index (κ2) is 14.6. The molecule has 0 amide bonds. The Kier molecular flexibility index (Phi) is 9.61. The van der Waals surface area contributed by atoms with E-state index in [9.17, 15) is 0 Å². The molecule has 2 aliphatic carbocycles. The van der Waals surface area contributed by atoms with Crippen LogP contribution in [0.5, 0.6) is 0 Å². The van der Waals surface area contributed by atoms with Crippen LogP contribution in [0.4, 0.5) is 34.1 Å². The predicted molar refractivity (Wildman–Crippen MR) is 295 cm³/mol. The molecule has 3 heteroatoms. The van der Waals surface area contributed by atoms with Gasteiger partial charge in [0.2, 0.25) is 0 Å². The van der Waals surface area contributed by atoms with Crippen molar-refractivity contribution in [3.8, 4) is 22.3 Å². The number of hydrogen-bond acceptors (Lipinski definition) is 2. The van der Waals surface area contributed by atoms with Crippen molar-refractivity contribution in [1.82, 2.24) is 0 Å². The van der Waals surface area contributed by atoms with E-state index in [2.05, 4.69) is 247 Å². The average molecular weight is 891 g/mol. The van der Waals surface area contributed by atoms with E-state index in [1.165, 1.54) is 125 Å². The van der Waals surface area contributed by atoms with Crippen LogP contribution in [0.2, 0.25) is 0 Å². The zero-order chi connectivity index (χ0) is 48.2. The van der Waals surface area contributed by atoms with Crippen LogP contribution in [-0.4, -0.2) is 6.71 Å². The fraction of sp³-hybridized carbons (Fsp3) is 0.354. The first-order valence-electron chi connectivity index (χ1n) is 25.4. The van der Waals surface area contributed by atoms with E-state index in [1.807, 2.05) is 0 Å². The Bertz CT molecular complexity index is 3210. The molecule has 0 radical (unpaired) electrons. The molecule has 7 aromatic carbocycles. The van der Waals surface area contributed by atoms with Gasteiger partial charge in [0.25, 0.3) is 6.71 Å². The van der Waals surface area contributed by atoms with Crippen LogP contribution in [0.15, 0.2) is 133 Å². The third-order valence-corrected chi connectivity index (χ3v) is 16.8. The summed E-state index contributed by atoms with van der Waals surface area (Å²) in [6.45, 7) is 35.9. The minimum absolute atomic E-state index is 0.0153. The van der Waals surface area contributed by atoms with Gasteiger partial charge < -0.3 is 9.80 Å². The first kappa shape index (κ1) is 44.7. The van der Waals surface area contributed by atoms with Crippen LogP contribution < -0.4 is 26.2 Å². The molecule has 0 N–H and O–H groups in total. The lowest BCUT2D eigenvalue weighted by Crippen LogP contribution is -2.61. The van der Waals surface area contributed by atoms with Gasteiger partial charge >= 0.3 is 0 Å². The summed E-state index contributed by atoms with van der Waals surface area (Å²) in [6.07, 6.45) is 2.38. The predicted octanol–water partition coefficient (Wildman–Crippen LogP) is 16.0. The van der Waals surface area contributed by atoms with E-state index >= 15 is 0 Å². The summed E-state index contributed by atoms with van der Waals surface area (Å²) in [4.78, 5) is 5.28. The number of fused-ring (bicyclic) bond motifs is 8. The van der Waals surface area contributed by atoms with Crippen molar-refractivity contribution in [2.45, 2.75) is 149 Å². The van der Waals surface area contributed by atoms with Gasteiger partial charge in [0.05, 0.1) is 0 Å². The van der Waals surface area contributed by atoms with E-state index in [0.29, 0.717) is 0 Å². The van der Waals surface area contributed by atoms with Crippen LogP contribution in [0.25, 0.3) is 22.3 Å². The molecule has 2 heterocycles. The molecular weight excluding hydrogens is 820 g/mol. The summed E-state index contributed by atoms with van der Waals surface area (Å²) in [6, 6.07) is 52.9. The lowest BCUT2D eigenvalue weighted by Gasteiger charge is -2.46. The van der Waals surface area contributed by atoms with Crippen LogP contribution in [-0.2, 0) is 32.5 Å². The fourth-order valence-corrected chi connectivity index (χ4v) is 12.4. The number of rotatable bonds is 3. The average Bonchev–Trinajstić information content (AvgIpc) is 3.52. The molecule has 0 atom stereocenters. The lowest BCUT2D eigenvalue weighted by atomic mass is 9.33. The second-order valence-electron chi connectivity index (χ2n) is 25.8. The van der Waals surface area contributed by atoms with Crippen molar-refractivity contribution in [3.63, 3.8) is 0 Å². The number of hydrogen-bond donors (Lipinski definition) is 0. The summed E-state index contributed by atoms with van der Waals surface area (Å²) in [5.74, 6) is 0. The van der Waals surface area contributed by atoms with Gasteiger partial charge in [0.1, 0.15) is 0 Å². The number of benzene rings is 7. The molecule has 0 saturated heterocycles. The summed E-state index contributed by atoms with van der Waals surface area (Å²) < 4.78 is 0. The van der Waals surface area contributed by atoms with Crippen LogP contribution >= 0.6 is 0 Å². The Hall–Kier alpha value is -5.80. The first-order chi connectivity index (χ1) is 31.9. The van der Waals surface area contributed by atoms with E-state index in [0.717, 1.165) is 0 Å². The van der Waals surface area contributed by atoms with Gasteiger partial charge in [-0.1, -0.05) is 189 Å². The molecular formula is C65H71BN2. The summed E-state index contributed by atoms with van der Waals surface area (Å²) >= 11 is 0. The molecule has 0 saturated carbocycles. The molecule has 0 aromatic heterocycles. The number of nitrogens with zero attached hydrogens (tertiary/aromatic N) is 2. The minimum Gasteiger partial charge on any atom is -0.311 e. The van der Waals surface area contributed by atoms with Gasteiger partial charge in [-0.05, 0) is 166 Å². The quantitative estimate of drug-likeness (QED) is 0.163. The van der Waals surface area contributed by atoms with Crippen molar-refractivity contribution in [2.24, 2.45) is 0 Å². The summed E-state index contributed by atoms with van der Waals surface area (Å²) in [5, 5.41) is 0. The lowest BCUT2D eigenvalue weighted by molar-refractivity contribution is 0.332. The monoisotopic (exact) mass is 891 g/mol. The van der Waals surface area contributed by atoms with Gasteiger partial charge in [0.15, 0.2) is 0 Å². The Labute approximate surface area is 408 Å². The molecule has 68 heavy (non-hydrogen) atoms. The van der Waals surface area contributed by atoms with Gasteiger partial charge in [-0.15, -0.1) is 0 Å². The molecule has 0 spiro atoms. The van der Waals surface area contributed by atoms with Crippen molar-refractivity contribution >= 4 is 57.2 Å². The zero-order valence-electron chi connectivity index (χ0n) is 43.6. The molecule has 0 fully saturated rings. The Morgan fingerprint density at radius 2 is 0.956 bits per heavy atom. The first-order valence-corrected chi connectivity index (χ1v) is 25.4. The molecule has 4 aliphatic rings. The Balaban J connectivity index is 1.18. The SMILES string of the molecule is CC(C)(C)c1ccc2c(c1)B1c3ccc(C(C)(C)C)cc3N(c3ccc(-c4cccc5c4-c4ccccc4C5(C)C)cc3)c3cc(C(C)(C)C)cc(c31)N2c1ccc2c(c1)C(C)(C)CCC2(C)C. The Morgan fingerprint density at radius 1 is 0.412 bits per heavy atom. The smallest absolute Gasteiger partial charge is 0.252 e. The maximum atomic E-state index is 2.65. The Morgan fingerprint density at radius 3 is 1.62 bits per heavy atom. The third kappa shape index (κ3) is 6.72. The largest absolute Gasteiger partial charge is 0.311 e. The molecule has 2 aliphatic heterocycles. The van der Waals surface area contributed by atoms with Crippen molar-refractivity contribution in [1.29, 1.82) is 0 Å². The van der Waals surface area contributed by atoms with E-state index in [1.54, 1.807) is 0 Å². The van der Waals surface area contributed by atoms with Crippen molar-refractivity contribution < 1.29 is 0 Å². The van der Waals surface area contributed by atoms with E-state index in [-0.39, 0.29) is 39.2 Å². The summed E-state index contributed by atoms with van der Waals surface area (Å²) in [7, 11) is 0.